The van der Waals surface area contributed by atoms with Crippen molar-refractivity contribution in [1.82, 2.24) is 0 Å². The van der Waals surface area contributed by atoms with E-state index >= 15 is 0 Å². The predicted molar refractivity (Wildman–Crippen MR) is 73.2 cm³/mol. The quantitative estimate of drug-likeness (QED) is 0.834. The minimum Gasteiger partial charge on any atom is -0.508 e. The third-order valence-electron chi connectivity index (χ3n) is 2.84. The first kappa shape index (κ1) is 12.5. The average molecular weight is 242 g/mol. The van der Waals surface area contributed by atoms with Gasteiger partial charge in [-0.3, -0.25) is 0 Å². The predicted octanol–water partition coefficient (Wildman–Crippen LogP) is 4.53. The van der Waals surface area contributed by atoms with Crippen molar-refractivity contribution in [1.29, 1.82) is 0 Å². The van der Waals surface area contributed by atoms with Gasteiger partial charge in [0.25, 0.3) is 0 Å². The van der Waals surface area contributed by atoms with Crippen molar-refractivity contribution in [2.45, 2.75) is 26.2 Å². The van der Waals surface area contributed by atoms with Gasteiger partial charge in [-0.1, -0.05) is 31.5 Å². The highest BCUT2D eigenvalue weighted by Gasteiger charge is 2.03. The van der Waals surface area contributed by atoms with Crippen molar-refractivity contribution in [3.63, 3.8) is 0 Å². The van der Waals surface area contributed by atoms with Crippen molar-refractivity contribution in [2.24, 2.45) is 0 Å². The summed E-state index contributed by atoms with van der Waals surface area (Å²) in [6, 6.07) is 14.9. The molecular weight excluding hydrogens is 224 g/mol. The Morgan fingerprint density at radius 3 is 2.44 bits per heavy atom. The number of phenols is 1. The van der Waals surface area contributed by atoms with E-state index in [2.05, 4.69) is 13.0 Å². The topological polar surface area (TPSA) is 29.5 Å². The van der Waals surface area contributed by atoms with Gasteiger partial charge in [-0.15, -0.1) is 0 Å². The number of aryl methyl sites for hydroxylation is 1. The summed E-state index contributed by atoms with van der Waals surface area (Å²) in [6.07, 6.45) is 3.37. The van der Waals surface area contributed by atoms with Gasteiger partial charge in [0.15, 0.2) is 0 Å². The minimum absolute atomic E-state index is 0.251. The molecule has 94 valence electrons. The van der Waals surface area contributed by atoms with Crippen LogP contribution in [0.5, 0.6) is 17.2 Å². The number of hydrogen-bond donors (Lipinski definition) is 1. The third-order valence-corrected chi connectivity index (χ3v) is 2.84. The zero-order valence-corrected chi connectivity index (χ0v) is 10.6. The van der Waals surface area contributed by atoms with E-state index in [0.717, 1.165) is 24.3 Å². The molecule has 2 heteroatoms. The second kappa shape index (κ2) is 6.10. The summed E-state index contributed by atoms with van der Waals surface area (Å²) < 4.78 is 5.85. The first-order valence-electron chi connectivity index (χ1n) is 6.34. The molecule has 0 aromatic heterocycles. The summed E-state index contributed by atoms with van der Waals surface area (Å²) in [7, 11) is 0. The van der Waals surface area contributed by atoms with Crippen LogP contribution < -0.4 is 4.74 Å². The molecule has 0 heterocycles. The molecule has 0 radical (unpaired) electrons. The lowest BCUT2D eigenvalue weighted by Gasteiger charge is -2.10. The number of phenolic OH excluding ortho intramolecular Hbond substituents is 1. The standard InChI is InChI=1S/C16H18O2/c1-2-3-6-13-7-4-5-8-16(13)18-15-11-9-14(17)10-12-15/h4-5,7-12,17H,2-3,6H2,1H3. The van der Waals surface area contributed by atoms with Crippen LogP contribution in [-0.4, -0.2) is 5.11 Å². The Kier molecular flexibility index (Phi) is 4.24. The molecule has 1 N–H and O–H groups in total. The second-order valence-corrected chi connectivity index (χ2v) is 4.31. The summed E-state index contributed by atoms with van der Waals surface area (Å²) in [4.78, 5) is 0. The van der Waals surface area contributed by atoms with Crippen LogP contribution in [0.4, 0.5) is 0 Å². The Morgan fingerprint density at radius 1 is 1.00 bits per heavy atom. The van der Waals surface area contributed by atoms with E-state index in [1.54, 1.807) is 24.3 Å². The number of para-hydroxylation sites is 1. The zero-order chi connectivity index (χ0) is 12.8. The summed E-state index contributed by atoms with van der Waals surface area (Å²) in [6.45, 7) is 2.18. The van der Waals surface area contributed by atoms with E-state index in [4.69, 9.17) is 4.74 Å². The summed E-state index contributed by atoms with van der Waals surface area (Å²) in [5, 5.41) is 9.24. The highest BCUT2D eigenvalue weighted by molar-refractivity contribution is 5.39. The molecule has 2 rings (SSSR count). The van der Waals surface area contributed by atoms with E-state index in [0.29, 0.717) is 0 Å². The first-order valence-corrected chi connectivity index (χ1v) is 6.34. The largest absolute Gasteiger partial charge is 0.508 e. The van der Waals surface area contributed by atoms with Crippen LogP contribution in [-0.2, 0) is 6.42 Å². The van der Waals surface area contributed by atoms with Crippen molar-refractivity contribution < 1.29 is 9.84 Å². The van der Waals surface area contributed by atoms with Gasteiger partial charge in [-0.25, -0.2) is 0 Å². The lowest BCUT2D eigenvalue weighted by atomic mass is 10.1. The summed E-state index contributed by atoms with van der Waals surface area (Å²) in [5.41, 5.74) is 1.23. The molecule has 0 aliphatic rings. The average Bonchev–Trinajstić information content (AvgIpc) is 2.40. The number of hydrogen-bond acceptors (Lipinski definition) is 2. The molecular formula is C16H18O2. The van der Waals surface area contributed by atoms with E-state index in [1.807, 2.05) is 18.2 Å². The Labute approximate surface area is 108 Å². The molecule has 2 nitrogen and oxygen atoms in total. The molecule has 0 aliphatic carbocycles. The van der Waals surface area contributed by atoms with Crippen LogP contribution in [0.1, 0.15) is 25.3 Å². The van der Waals surface area contributed by atoms with E-state index in [1.165, 1.54) is 12.0 Å². The van der Waals surface area contributed by atoms with Gasteiger partial charge >= 0.3 is 0 Å². The van der Waals surface area contributed by atoms with Gasteiger partial charge in [-0.2, -0.15) is 0 Å². The third kappa shape index (κ3) is 3.27. The maximum atomic E-state index is 9.24. The van der Waals surface area contributed by atoms with Crippen molar-refractivity contribution in [3.8, 4) is 17.2 Å². The van der Waals surface area contributed by atoms with Gasteiger partial charge in [0.2, 0.25) is 0 Å². The molecule has 18 heavy (non-hydrogen) atoms. The SMILES string of the molecule is CCCCc1ccccc1Oc1ccc(O)cc1. The van der Waals surface area contributed by atoms with Crippen molar-refractivity contribution in [3.05, 3.63) is 54.1 Å². The van der Waals surface area contributed by atoms with E-state index in [-0.39, 0.29) is 5.75 Å². The normalized spacial score (nSPS) is 10.3. The fraction of sp³-hybridized carbons (Fsp3) is 0.250. The van der Waals surface area contributed by atoms with E-state index in [9.17, 15) is 5.11 Å². The Bertz CT molecular complexity index is 489. The maximum Gasteiger partial charge on any atom is 0.130 e. The molecule has 0 saturated heterocycles. The number of rotatable bonds is 5. The molecule has 0 aliphatic heterocycles. The monoisotopic (exact) mass is 242 g/mol. The van der Waals surface area contributed by atoms with Crippen LogP contribution in [0.2, 0.25) is 0 Å². The number of unbranched alkanes of at least 4 members (excludes halogenated alkanes) is 1. The molecule has 0 unspecified atom stereocenters. The van der Waals surface area contributed by atoms with Gasteiger partial charge in [0.1, 0.15) is 17.2 Å². The molecule has 0 bridgehead atoms. The Balaban J connectivity index is 2.15. The molecule has 0 amide bonds. The molecule has 2 aromatic rings. The lowest BCUT2D eigenvalue weighted by molar-refractivity contribution is 0.461. The minimum atomic E-state index is 0.251. The van der Waals surface area contributed by atoms with Gasteiger partial charge in [0.05, 0.1) is 0 Å². The highest BCUT2D eigenvalue weighted by atomic mass is 16.5. The van der Waals surface area contributed by atoms with Gasteiger partial charge < -0.3 is 9.84 Å². The van der Waals surface area contributed by atoms with Gasteiger partial charge in [-0.05, 0) is 48.7 Å². The highest BCUT2D eigenvalue weighted by Crippen LogP contribution is 2.27. The number of ether oxygens (including phenoxy) is 1. The van der Waals surface area contributed by atoms with Gasteiger partial charge in [0, 0.05) is 0 Å². The van der Waals surface area contributed by atoms with Crippen LogP contribution in [0.25, 0.3) is 0 Å². The Morgan fingerprint density at radius 2 is 1.72 bits per heavy atom. The fourth-order valence-corrected chi connectivity index (χ4v) is 1.82. The number of aromatic hydroxyl groups is 1. The summed E-state index contributed by atoms with van der Waals surface area (Å²) >= 11 is 0. The van der Waals surface area contributed by atoms with Crippen LogP contribution in [0.15, 0.2) is 48.5 Å². The second-order valence-electron chi connectivity index (χ2n) is 4.31. The molecule has 0 spiro atoms. The van der Waals surface area contributed by atoms with Crippen LogP contribution in [0, 0.1) is 0 Å². The maximum absolute atomic E-state index is 9.24. The first-order chi connectivity index (χ1) is 8.79. The van der Waals surface area contributed by atoms with E-state index < -0.39 is 0 Å². The van der Waals surface area contributed by atoms with Crippen molar-refractivity contribution >= 4 is 0 Å². The smallest absolute Gasteiger partial charge is 0.130 e. The van der Waals surface area contributed by atoms with Crippen LogP contribution in [0.3, 0.4) is 0 Å². The molecule has 0 atom stereocenters. The molecule has 0 saturated carbocycles. The number of benzene rings is 2. The Hall–Kier alpha value is -1.96. The summed E-state index contributed by atoms with van der Waals surface area (Å²) in [5.74, 6) is 1.90. The zero-order valence-electron chi connectivity index (χ0n) is 10.6. The molecule has 0 fully saturated rings. The van der Waals surface area contributed by atoms with Crippen molar-refractivity contribution in [2.75, 3.05) is 0 Å². The van der Waals surface area contributed by atoms with Crippen LogP contribution >= 0.6 is 0 Å². The lowest BCUT2D eigenvalue weighted by Crippen LogP contribution is -1.91. The fourth-order valence-electron chi connectivity index (χ4n) is 1.82. The molecule has 2 aromatic carbocycles.